The summed E-state index contributed by atoms with van der Waals surface area (Å²) in [5.74, 6) is -10.2. The lowest BCUT2D eigenvalue weighted by Gasteiger charge is -2.33. The van der Waals surface area contributed by atoms with Gasteiger partial charge in [0, 0.05) is 43.1 Å². The fourth-order valence-corrected chi connectivity index (χ4v) is 10.1. The molecular weight excluding hydrogens is 1260 g/mol. The van der Waals surface area contributed by atoms with Crippen molar-refractivity contribution >= 4 is 108 Å². The summed E-state index contributed by atoms with van der Waals surface area (Å²) >= 11 is 8.76. The highest BCUT2D eigenvalue weighted by Gasteiger charge is 2.41. The molecule has 1 saturated heterocycles. The molecule has 0 bridgehead atoms. The Hall–Kier alpha value is -9.12. The van der Waals surface area contributed by atoms with Crippen LogP contribution in [0.2, 0.25) is 0 Å². The van der Waals surface area contributed by atoms with Crippen LogP contribution in [-0.2, 0) is 65.6 Å². The van der Waals surface area contributed by atoms with Crippen molar-refractivity contribution in [3.8, 4) is 5.75 Å². The molecule has 1 fully saturated rings. The second-order valence-corrected chi connectivity index (χ2v) is 24.6. The van der Waals surface area contributed by atoms with Crippen LogP contribution in [0.3, 0.4) is 0 Å². The minimum Gasteiger partial charge on any atom is -0.508 e. The number of carbonyl (C=O) groups is 11. The molecule has 1 heterocycles. The highest BCUT2D eigenvalue weighted by molar-refractivity contribution is 7.81. The maximum atomic E-state index is 14.7. The van der Waals surface area contributed by atoms with Crippen molar-refractivity contribution in [1.29, 1.82) is 0 Å². The quantitative estimate of drug-likeness (QED) is 0.0128. The number of amides is 11. The van der Waals surface area contributed by atoms with E-state index < -0.39 is 143 Å². The average Bonchev–Trinajstić information content (AvgIpc) is 1.44. The van der Waals surface area contributed by atoms with Crippen LogP contribution >= 0.6 is 25.3 Å². The van der Waals surface area contributed by atoms with Gasteiger partial charge in [0.05, 0.1) is 19.1 Å². The van der Waals surface area contributed by atoms with Gasteiger partial charge in [-0.15, -0.1) is 0 Å². The number of nitrogens with two attached hydrogens (primary N) is 8. The molecule has 26 N–H and O–H groups in total. The van der Waals surface area contributed by atoms with Gasteiger partial charge >= 0.3 is 0 Å². The number of rotatable bonds is 40. The number of nitrogens with zero attached hydrogens (tertiary/aromatic N) is 4. The van der Waals surface area contributed by atoms with Crippen molar-refractivity contribution in [1.82, 2.24) is 52.8 Å². The van der Waals surface area contributed by atoms with Crippen LogP contribution < -0.4 is 93.7 Å². The second kappa shape index (κ2) is 40.1. The molecular formula is C59H95N21O12S2. The van der Waals surface area contributed by atoms with Gasteiger partial charge in [-0.2, -0.15) is 25.3 Å². The van der Waals surface area contributed by atoms with Gasteiger partial charge in [0.15, 0.2) is 17.9 Å². The van der Waals surface area contributed by atoms with E-state index in [9.17, 15) is 57.8 Å². The molecule has 0 saturated carbocycles. The Kier molecular flexibility index (Phi) is 33.7. The number of hydrogen-bond donors (Lipinski definition) is 20. The summed E-state index contributed by atoms with van der Waals surface area (Å²) in [6.07, 6.45) is 0.980. The molecule has 0 spiro atoms. The summed E-state index contributed by atoms with van der Waals surface area (Å²) in [6, 6.07) is 2.89. The average molecular weight is 1350 g/mol. The number of likely N-dealkylation sites (tertiary alicyclic amines) is 1. The standard InChI is InChI=1S/C59H95N21O12S2/c1-5-32(2)45(53(90)76-39(17-11-25-70-58(66)67)55(92)80-26-12-18-42(80)52(89)77-41(31-93)47(61)84)78-50(87)38(16-10-24-69-57(64)65)74-49(86)37(15-9-23-68-56(62)63)75-54(91)46(59(3,4)94)79-51(88)40(28-33-13-7-6-8-14-33)73-44(83)30-71-43(82)29-72-48(85)36(60)27-34-19-21-35(81)22-20-34/h6-8,13-14,19-22,32,36-42,45-46,81,93-94H,5,9-12,15-18,23-31,60H2,1-4H3,(H2,61,84)(H,71,82)(H,72,85)(H,73,83)(H,74,86)(H,75,91)(H,76,90)(H,77,89)(H,78,87)(H,79,88)(H4,62,63,68)(H4,64,65,69)(H4,66,67,70)/t32-,36-,37-,38-,39-,40-,41+,42-,45-,46+/m0/s1. The van der Waals surface area contributed by atoms with E-state index in [0.717, 1.165) is 0 Å². The first-order chi connectivity index (χ1) is 44.3. The predicted molar refractivity (Wildman–Crippen MR) is 360 cm³/mol. The number of benzene rings is 2. The third-order valence-corrected chi connectivity index (χ3v) is 15.6. The lowest BCUT2D eigenvalue weighted by Crippen LogP contribution is -2.63. The number of aromatic hydroxyl groups is 1. The minimum atomic E-state index is -1.55. The van der Waals surface area contributed by atoms with Crippen molar-refractivity contribution in [2.75, 3.05) is 45.0 Å². The van der Waals surface area contributed by atoms with Crippen LogP contribution in [0.25, 0.3) is 0 Å². The van der Waals surface area contributed by atoms with Crippen LogP contribution in [0.4, 0.5) is 0 Å². The SMILES string of the molecule is CC[C@H](C)[C@H](NC(=O)[C@H](CCCN=C(N)N)NC(=O)[C@H](CCCN=C(N)N)NC(=O)[C@@H](NC(=O)[C@H](Cc1ccccc1)NC(=O)CNC(=O)CNC(=O)[C@@H](N)Cc1ccc(O)cc1)C(C)(C)S)C(=O)N[C@@H](CCCN=C(N)N)C(=O)N1CCC[C@H]1C(=O)N[C@H](CS)C(N)=O. The molecule has 1 aliphatic heterocycles. The Labute approximate surface area is 557 Å². The van der Waals surface area contributed by atoms with E-state index in [-0.39, 0.29) is 113 Å². The first-order valence-corrected chi connectivity index (χ1v) is 31.8. The molecule has 94 heavy (non-hydrogen) atoms. The van der Waals surface area contributed by atoms with Crippen molar-refractivity contribution in [3.63, 3.8) is 0 Å². The van der Waals surface area contributed by atoms with Crippen molar-refractivity contribution in [2.24, 2.45) is 66.8 Å². The molecule has 3 rings (SSSR count). The Bertz CT molecular complexity index is 2980. The number of primary amides is 1. The first-order valence-electron chi connectivity index (χ1n) is 30.7. The summed E-state index contributed by atoms with van der Waals surface area (Å²) in [7, 11) is 0. The molecule has 0 unspecified atom stereocenters. The Morgan fingerprint density at radius 3 is 1.62 bits per heavy atom. The van der Waals surface area contributed by atoms with Gasteiger partial charge < -0.3 is 104 Å². The van der Waals surface area contributed by atoms with Gasteiger partial charge in [0.2, 0.25) is 65.0 Å². The van der Waals surface area contributed by atoms with Crippen molar-refractivity contribution in [2.45, 2.75) is 157 Å². The van der Waals surface area contributed by atoms with E-state index in [2.05, 4.69) is 88.1 Å². The molecule has 2 aromatic rings. The van der Waals surface area contributed by atoms with Crippen LogP contribution in [0, 0.1) is 5.92 Å². The lowest BCUT2D eigenvalue weighted by atomic mass is 9.96. The van der Waals surface area contributed by atoms with Crippen LogP contribution in [0.5, 0.6) is 5.75 Å². The Balaban J connectivity index is 1.92. The molecule has 33 nitrogen and oxygen atoms in total. The molecule has 0 radical (unpaired) electrons. The lowest BCUT2D eigenvalue weighted by molar-refractivity contribution is -0.142. The molecule has 2 aromatic carbocycles. The van der Waals surface area contributed by atoms with Crippen LogP contribution in [0.1, 0.15) is 96.6 Å². The van der Waals surface area contributed by atoms with Gasteiger partial charge in [0.1, 0.15) is 54.1 Å². The molecule has 11 amide bonds. The Morgan fingerprint density at radius 2 is 1.10 bits per heavy atom. The maximum Gasteiger partial charge on any atom is 0.245 e. The third kappa shape index (κ3) is 28.4. The fraction of sp³-hybridized carbons (Fsp3) is 0.559. The second-order valence-electron chi connectivity index (χ2n) is 23.1. The molecule has 10 atom stereocenters. The zero-order valence-corrected chi connectivity index (χ0v) is 55.2. The summed E-state index contributed by atoms with van der Waals surface area (Å²) in [5.41, 5.74) is 46.2. The smallest absolute Gasteiger partial charge is 0.245 e. The number of phenolic OH excluding ortho intramolecular Hbond substituents is 1. The van der Waals surface area contributed by atoms with Gasteiger partial charge in [0.25, 0.3) is 0 Å². The molecule has 0 aliphatic carbocycles. The van der Waals surface area contributed by atoms with E-state index >= 15 is 0 Å². The zero-order valence-electron chi connectivity index (χ0n) is 53.4. The number of hydrogen-bond acceptors (Lipinski definition) is 18. The highest BCUT2D eigenvalue weighted by atomic mass is 32.1. The molecule has 1 aliphatic rings. The third-order valence-electron chi connectivity index (χ3n) is 15.0. The largest absolute Gasteiger partial charge is 0.508 e. The van der Waals surface area contributed by atoms with E-state index in [1.165, 1.54) is 30.9 Å². The summed E-state index contributed by atoms with van der Waals surface area (Å²) in [5, 5.41) is 33.0. The van der Waals surface area contributed by atoms with E-state index in [4.69, 9.17) is 45.9 Å². The van der Waals surface area contributed by atoms with Crippen LogP contribution in [-0.4, -0.2) is 197 Å². The summed E-state index contributed by atoms with van der Waals surface area (Å²) in [6.45, 7) is 5.42. The number of thiol groups is 2. The fourth-order valence-electron chi connectivity index (χ4n) is 9.66. The van der Waals surface area contributed by atoms with E-state index in [1.807, 2.05) is 0 Å². The number of phenols is 1. The molecule has 520 valence electrons. The number of nitrogens with one attached hydrogen (secondary N) is 9. The Morgan fingerprint density at radius 1 is 0.596 bits per heavy atom. The molecule has 0 aromatic heterocycles. The number of carbonyl (C=O) groups excluding carboxylic acids is 11. The van der Waals surface area contributed by atoms with E-state index in [1.54, 1.807) is 56.3 Å². The maximum absolute atomic E-state index is 14.7. The number of guanidine groups is 3. The van der Waals surface area contributed by atoms with Crippen LogP contribution in [0.15, 0.2) is 69.6 Å². The normalized spacial score (nSPS) is 15.6. The highest BCUT2D eigenvalue weighted by Crippen LogP contribution is 2.22. The summed E-state index contributed by atoms with van der Waals surface area (Å²) < 4.78 is -1.40. The van der Waals surface area contributed by atoms with Gasteiger partial charge in [-0.25, -0.2) is 0 Å². The van der Waals surface area contributed by atoms with E-state index in [0.29, 0.717) is 24.0 Å². The van der Waals surface area contributed by atoms with Crippen molar-refractivity contribution < 1.29 is 57.8 Å². The number of aliphatic imine (C=N–C) groups is 3. The zero-order chi connectivity index (χ0) is 70.2. The van der Waals surface area contributed by atoms with Gasteiger partial charge in [-0.05, 0) is 101 Å². The van der Waals surface area contributed by atoms with Gasteiger partial charge in [-0.3, -0.25) is 67.7 Å². The first kappa shape index (κ1) is 79.1. The van der Waals surface area contributed by atoms with Crippen molar-refractivity contribution in [3.05, 3.63) is 65.7 Å². The summed E-state index contributed by atoms with van der Waals surface area (Å²) in [4.78, 5) is 165. The van der Waals surface area contributed by atoms with Gasteiger partial charge in [-0.1, -0.05) is 62.7 Å². The molecule has 35 heteroatoms. The monoisotopic (exact) mass is 1350 g/mol. The minimum absolute atomic E-state index is 0.00843. The topological polar surface area (TPSA) is 565 Å². The predicted octanol–water partition coefficient (Wildman–Crippen LogP) is -5.55.